The predicted molar refractivity (Wildman–Crippen MR) is 344 cm³/mol. The van der Waals surface area contributed by atoms with Gasteiger partial charge in [-0.25, -0.2) is 0 Å². The lowest BCUT2D eigenvalue weighted by Gasteiger charge is -2.40. The molecule has 8 heteroatoms. The fourth-order valence-electron chi connectivity index (χ4n) is 17.2. The van der Waals surface area contributed by atoms with Gasteiger partial charge in [0, 0.05) is 22.3 Å². The Morgan fingerprint density at radius 2 is 0.581 bits per heavy atom. The summed E-state index contributed by atoms with van der Waals surface area (Å²) in [6, 6.07) is 10.2. The average Bonchev–Trinajstić information content (AvgIpc) is 3.96. The van der Waals surface area contributed by atoms with E-state index < -0.39 is 10.6 Å². The highest BCUT2D eigenvalue weighted by atomic mass is 79.9. The predicted octanol–water partition coefficient (Wildman–Crippen LogP) is 19.3. The van der Waals surface area contributed by atoms with Crippen molar-refractivity contribution in [3.8, 4) is 11.5 Å². The minimum absolute atomic E-state index is 0.0210. The van der Waals surface area contributed by atoms with Gasteiger partial charge in [-0.15, -0.1) is 0 Å². The number of ether oxygens (including phenoxy) is 2. The average molecular weight is 1300 g/mol. The van der Waals surface area contributed by atoms with Crippen LogP contribution in [0.5, 0.6) is 11.5 Å². The number of benzene rings is 3. The number of unbranched alkanes of at least 4 members (excludes halogenated alkanes) is 6. The maximum Gasteiger partial charge on any atom is 0.260 e. The lowest BCUT2D eigenvalue weighted by atomic mass is 9.72. The van der Waals surface area contributed by atoms with Crippen LogP contribution >= 0.6 is 61.2 Å². The van der Waals surface area contributed by atoms with Crippen LogP contribution in [-0.4, -0.2) is 23.8 Å². The van der Waals surface area contributed by atoms with Crippen molar-refractivity contribution in [3.63, 3.8) is 0 Å². The second-order valence-corrected chi connectivity index (χ2v) is 52.3. The Bertz CT molecular complexity index is 2210. The van der Waals surface area contributed by atoms with E-state index in [0.717, 1.165) is 103 Å². The molecule has 0 bridgehead atoms. The Labute approximate surface area is 487 Å². The Morgan fingerprint density at radius 1 is 0.351 bits per heavy atom. The molecule has 0 spiro atoms. The van der Waals surface area contributed by atoms with Crippen LogP contribution in [0.25, 0.3) is 0 Å². The lowest BCUT2D eigenvalue weighted by molar-refractivity contribution is 0.282. The van der Waals surface area contributed by atoms with Crippen LogP contribution in [0.15, 0.2) is 24.3 Å². The van der Waals surface area contributed by atoms with E-state index in [2.05, 4.69) is 149 Å². The summed E-state index contributed by atoms with van der Waals surface area (Å²) in [6.45, 7) is 46.4. The van der Waals surface area contributed by atoms with Crippen molar-refractivity contribution in [2.75, 3.05) is 13.2 Å². The van der Waals surface area contributed by atoms with Gasteiger partial charge in [0.25, 0.3) is 10.6 Å². The fraction of sp³-hybridized carbons (Fsp3) is 0.727. The highest BCUT2D eigenvalue weighted by molar-refractivity contribution is 9.52. The fourth-order valence-corrected chi connectivity index (χ4v) is 29.7. The molecule has 0 aromatic heterocycles. The van der Waals surface area contributed by atoms with Gasteiger partial charge in [-0.05, 0) is 176 Å². The smallest absolute Gasteiger partial charge is 0.260 e. The molecule has 0 amide bonds. The van der Waals surface area contributed by atoms with Gasteiger partial charge in [-0.3, -0.25) is 0 Å². The molecule has 2 nitrogen and oxygen atoms in total. The molecule has 0 fully saturated rings. The van der Waals surface area contributed by atoms with E-state index in [1.165, 1.54) is 82.7 Å². The first kappa shape index (κ1) is 61.2. The molecule has 0 atom stereocenters. The quantitative estimate of drug-likeness (QED) is 0.0506. The van der Waals surface area contributed by atoms with Crippen LogP contribution in [0.3, 0.4) is 0 Å². The Kier molecular flexibility index (Phi) is 18.3. The summed E-state index contributed by atoms with van der Waals surface area (Å²) >= 11 is 19.3. The Hall–Kier alpha value is -0.386. The van der Waals surface area contributed by atoms with Crippen molar-refractivity contribution < 1.29 is 9.47 Å². The second-order valence-electron chi connectivity index (χ2n) is 27.1. The summed E-state index contributed by atoms with van der Waals surface area (Å²) in [5.74, 6) is 2.52. The largest absolute Gasteiger partial charge is 0.493 e. The molecule has 74 heavy (non-hydrogen) atoms. The maximum atomic E-state index is 7.41. The van der Waals surface area contributed by atoms with E-state index in [1.807, 2.05) is 0 Å². The molecule has 3 aromatic rings. The van der Waals surface area contributed by atoms with Crippen molar-refractivity contribution in [2.24, 2.45) is 0 Å². The summed E-state index contributed by atoms with van der Waals surface area (Å²) in [4.78, 5) is 0. The van der Waals surface area contributed by atoms with E-state index >= 15 is 0 Å². The minimum atomic E-state index is -2.80. The third-order valence-corrected chi connectivity index (χ3v) is 35.6. The van der Waals surface area contributed by atoms with Gasteiger partial charge < -0.3 is 9.47 Å². The van der Waals surface area contributed by atoms with Crippen LogP contribution in [-0.2, 0) is 43.3 Å². The third-order valence-electron chi connectivity index (χ3n) is 21.0. The van der Waals surface area contributed by atoms with Crippen molar-refractivity contribution in [2.45, 2.75) is 296 Å². The first-order valence-corrected chi connectivity index (χ1v) is 43.3. The first-order chi connectivity index (χ1) is 34.6. The Morgan fingerprint density at radius 3 is 0.784 bits per heavy atom. The molecule has 3 aromatic carbocycles. The van der Waals surface area contributed by atoms with Gasteiger partial charge in [0.05, 0.1) is 13.2 Å². The number of hydrogen-bond donors (Lipinski definition) is 0. The van der Waals surface area contributed by atoms with Crippen LogP contribution in [0.1, 0.15) is 298 Å². The zero-order valence-electron chi connectivity index (χ0n) is 50.2. The van der Waals surface area contributed by atoms with Gasteiger partial charge in [0.2, 0.25) is 0 Å². The standard InChI is InChI=1S/C66H102Br4O2Si2/c1-19-29-31-33-39-71-55-47-51(63(21-3,22-4)41-59(47,11)12)57(52-48(55)60(13,14)42-64(52,23-5)24-6)73(67,68)45-35-37-46(38-36-45)74(69,70)58-53-49(61(15,16)43-65(53,25-7)26-8)56(72-40-34-32-30-20-2)50-54(58)66(27-9,28-10)44-62(50,17)18/h35-38H,19-34,39-44H2,1-18H3. The summed E-state index contributed by atoms with van der Waals surface area (Å²) in [6.07, 6.45) is 23.3. The molecule has 4 aliphatic rings. The molecule has 0 saturated heterocycles. The lowest BCUT2D eigenvalue weighted by Crippen LogP contribution is -2.57. The third kappa shape index (κ3) is 9.73. The van der Waals surface area contributed by atoms with Gasteiger partial charge >= 0.3 is 0 Å². The summed E-state index contributed by atoms with van der Waals surface area (Å²) in [5.41, 5.74) is 12.7. The van der Waals surface area contributed by atoms with Crippen molar-refractivity contribution in [3.05, 3.63) is 68.8 Å². The molecule has 0 N–H and O–H groups in total. The maximum absolute atomic E-state index is 7.41. The van der Waals surface area contributed by atoms with Gasteiger partial charge in [0.1, 0.15) is 11.5 Å². The molecule has 0 heterocycles. The highest BCUT2D eigenvalue weighted by Crippen LogP contribution is 2.66. The van der Waals surface area contributed by atoms with Gasteiger partial charge in [0.15, 0.2) is 0 Å². The SMILES string of the molecule is CCCCCCOc1c2c(c([Si](Br)(Br)c3ccc([Si](Br)(Br)c4c5c(c(OCCCCCC)c6c4C(CC)(CC)CC6(C)C)C(C)(C)CC5(CC)CC)cc3)c3c1C(C)(C)CC3(CC)CC)C(CC)(CC)CC2(C)C. The topological polar surface area (TPSA) is 18.5 Å². The van der Waals surface area contributed by atoms with Gasteiger partial charge in [-0.1, -0.05) is 249 Å². The molecule has 0 saturated carbocycles. The molecule has 4 aliphatic carbocycles. The molecule has 414 valence electrons. The van der Waals surface area contributed by atoms with Crippen molar-refractivity contribution >= 4 is 92.5 Å². The van der Waals surface area contributed by atoms with E-state index in [4.69, 9.17) is 70.6 Å². The normalized spacial score (nSPS) is 20.8. The second kappa shape index (κ2) is 22.2. The van der Waals surface area contributed by atoms with E-state index in [9.17, 15) is 0 Å². The zero-order valence-corrected chi connectivity index (χ0v) is 58.5. The number of rotatable bonds is 24. The summed E-state index contributed by atoms with van der Waals surface area (Å²) < 4.78 is 14.8. The Balaban J connectivity index is 1.52. The first-order valence-electron chi connectivity index (χ1n) is 30.3. The molecule has 0 aliphatic heterocycles. The minimum Gasteiger partial charge on any atom is -0.493 e. The van der Waals surface area contributed by atoms with Crippen LogP contribution in [0, 0.1) is 0 Å². The number of hydrogen-bond acceptors (Lipinski definition) is 2. The molecule has 7 rings (SSSR count). The number of fused-ring (bicyclic) bond motifs is 4. The van der Waals surface area contributed by atoms with Gasteiger partial charge in [-0.2, -0.15) is 0 Å². The number of halogens is 4. The van der Waals surface area contributed by atoms with Crippen LogP contribution in [0.2, 0.25) is 0 Å². The zero-order chi connectivity index (χ0) is 54.9. The molecular formula is C66H102Br4O2Si2. The van der Waals surface area contributed by atoms with Crippen molar-refractivity contribution in [1.82, 2.24) is 0 Å². The van der Waals surface area contributed by atoms with E-state index in [-0.39, 0.29) is 43.3 Å². The monoisotopic (exact) mass is 1300 g/mol. The van der Waals surface area contributed by atoms with E-state index in [1.54, 1.807) is 32.6 Å². The molecule has 0 radical (unpaired) electrons. The van der Waals surface area contributed by atoms with Crippen LogP contribution in [0.4, 0.5) is 0 Å². The molecule has 0 unspecified atom stereocenters. The van der Waals surface area contributed by atoms with Crippen LogP contribution < -0.4 is 30.2 Å². The highest BCUT2D eigenvalue weighted by Gasteiger charge is 2.62. The summed E-state index contributed by atoms with van der Waals surface area (Å²) in [5, 5.41) is 0.438. The van der Waals surface area contributed by atoms with Crippen molar-refractivity contribution in [1.29, 1.82) is 0 Å². The van der Waals surface area contributed by atoms with E-state index in [0.29, 0.717) is 0 Å². The summed E-state index contributed by atoms with van der Waals surface area (Å²) in [7, 11) is 0. The molecular weight excluding hydrogens is 1200 g/mol.